The van der Waals surface area contributed by atoms with E-state index in [9.17, 15) is 4.79 Å². The molecule has 0 spiro atoms. The van der Waals surface area contributed by atoms with E-state index in [1.165, 1.54) is 0 Å². The van der Waals surface area contributed by atoms with E-state index in [1.807, 2.05) is 47.7 Å². The summed E-state index contributed by atoms with van der Waals surface area (Å²) in [5, 5.41) is 14.2. The predicted molar refractivity (Wildman–Crippen MR) is 128 cm³/mol. The molecule has 1 aliphatic rings. The highest BCUT2D eigenvalue weighted by Gasteiger charge is 2.33. The first kappa shape index (κ1) is 21.9. The summed E-state index contributed by atoms with van der Waals surface area (Å²) in [6, 6.07) is 5.26. The maximum atomic E-state index is 13.7. The number of amides is 1. The van der Waals surface area contributed by atoms with Crippen LogP contribution in [0.2, 0.25) is 0 Å². The van der Waals surface area contributed by atoms with Crippen molar-refractivity contribution in [2.24, 2.45) is 5.73 Å². The van der Waals surface area contributed by atoms with Gasteiger partial charge in [-0.05, 0) is 51.8 Å². The fourth-order valence-corrected chi connectivity index (χ4v) is 5.58. The molecule has 1 fully saturated rings. The van der Waals surface area contributed by atoms with Crippen LogP contribution in [0.3, 0.4) is 0 Å². The van der Waals surface area contributed by atoms with Crippen LogP contribution in [-0.2, 0) is 0 Å². The van der Waals surface area contributed by atoms with Crippen LogP contribution in [0.5, 0.6) is 0 Å². The fraction of sp³-hybridized carbons (Fsp3) is 0.348. The standard InChI is InChI=1S/C23H24N6O2S2/c1-12-10-33-22(25-12)19-5-4-6-29(19)23(30)17-8-15(18-11-32-14(3)26-18)7-16(9-17)21-28-27-20(31-21)13(2)24/h7-11,13,19H,4-6,24H2,1-3H3/t13?,19-/m1/s1. The van der Waals surface area contributed by atoms with Crippen molar-refractivity contribution in [2.45, 2.75) is 45.7 Å². The number of nitrogens with zero attached hydrogens (tertiary/aromatic N) is 5. The lowest BCUT2D eigenvalue weighted by molar-refractivity contribution is 0.0735. The maximum Gasteiger partial charge on any atom is 0.254 e. The van der Waals surface area contributed by atoms with Gasteiger partial charge in [-0.2, -0.15) is 0 Å². The average Bonchev–Trinajstić information content (AvgIpc) is 3.58. The van der Waals surface area contributed by atoms with Crippen molar-refractivity contribution in [3.8, 4) is 22.7 Å². The van der Waals surface area contributed by atoms with Crippen molar-refractivity contribution < 1.29 is 9.21 Å². The average molecular weight is 481 g/mol. The number of aryl methyl sites for hydroxylation is 2. The minimum absolute atomic E-state index is 0.00193. The lowest BCUT2D eigenvalue weighted by Crippen LogP contribution is -2.30. The summed E-state index contributed by atoms with van der Waals surface area (Å²) in [4.78, 5) is 24.9. The van der Waals surface area contributed by atoms with Gasteiger partial charge in [0.15, 0.2) is 0 Å². The van der Waals surface area contributed by atoms with E-state index in [1.54, 1.807) is 29.6 Å². The summed E-state index contributed by atoms with van der Waals surface area (Å²) in [7, 11) is 0. The number of carbonyl (C=O) groups is 1. The Balaban J connectivity index is 1.56. The normalized spacial score (nSPS) is 17.0. The topological polar surface area (TPSA) is 111 Å². The number of aromatic nitrogens is 4. The molecule has 1 amide bonds. The monoisotopic (exact) mass is 480 g/mol. The van der Waals surface area contributed by atoms with Gasteiger partial charge in [0.25, 0.3) is 5.91 Å². The van der Waals surface area contributed by atoms with Gasteiger partial charge in [-0.15, -0.1) is 32.9 Å². The molecule has 0 bridgehead atoms. The lowest BCUT2D eigenvalue weighted by Gasteiger charge is -2.23. The van der Waals surface area contributed by atoms with Crippen LogP contribution in [-0.4, -0.2) is 37.5 Å². The van der Waals surface area contributed by atoms with Crippen molar-refractivity contribution in [2.75, 3.05) is 6.54 Å². The first-order valence-corrected chi connectivity index (χ1v) is 12.5. The van der Waals surface area contributed by atoms with Crippen LogP contribution in [0, 0.1) is 13.8 Å². The van der Waals surface area contributed by atoms with Crippen molar-refractivity contribution in [1.29, 1.82) is 0 Å². The summed E-state index contributed by atoms with van der Waals surface area (Å²) in [5.74, 6) is 0.650. The van der Waals surface area contributed by atoms with Crippen LogP contribution < -0.4 is 5.73 Å². The predicted octanol–water partition coefficient (Wildman–Crippen LogP) is 4.93. The number of hydrogen-bond acceptors (Lipinski definition) is 9. The minimum Gasteiger partial charge on any atom is -0.419 e. The Bertz CT molecular complexity index is 1310. The summed E-state index contributed by atoms with van der Waals surface area (Å²) in [6.07, 6.45) is 1.87. The SMILES string of the molecule is Cc1csc([C@H]2CCCN2C(=O)c2cc(-c3csc(C)n3)cc(-c3nnc(C(C)N)o3)c2)n1. The second kappa shape index (κ2) is 8.77. The van der Waals surface area contributed by atoms with Crippen molar-refractivity contribution in [3.05, 3.63) is 56.1 Å². The third kappa shape index (κ3) is 4.33. The summed E-state index contributed by atoms with van der Waals surface area (Å²) in [5.41, 5.74) is 9.76. The molecule has 1 aromatic carbocycles. The van der Waals surface area contributed by atoms with E-state index in [2.05, 4.69) is 20.2 Å². The number of nitrogens with two attached hydrogens (primary N) is 1. The third-order valence-corrected chi connectivity index (χ3v) is 7.44. The zero-order valence-corrected chi connectivity index (χ0v) is 20.2. The molecule has 0 radical (unpaired) electrons. The Morgan fingerprint density at radius 3 is 2.64 bits per heavy atom. The Labute approximate surface area is 199 Å². The number of thiazole rings is 2. The molecule has 170 valence electrons. The molecule has 1 saturated heterocycles. The smallest absolute Gasteiger partial charge is 0.254 e. The number of benzene rings is 1. The number of likely N-dealkylation sites (tertiary alicyclic amines) is 1. The van der Waals surface area contributed by atoms with Crippen LogP contribution in [0.4, 0.5) is 0 Å². The maximum absolute atomic E-state index is 13.7. The number of carbonyl (C=O) groups excluding carboxylic acids is 1. The molecule has 4 aromatic rings. The summed E-state index contributed by atoms with van der Waals surface area (Å²) >= 11 is 3.18. The molecule has 1 aliphatic heterocycles. The molecule has 10 heteroatoms. The zero-order chi connectivity index (χ0) is 23.1. The number of hydrogen-bond donors (Lipinski definition) is 1. The molecular formula is C23H24N6O2S2. The van der Waals surface area contributed by atoms with Crippen LogP contribution in [0.15, 0.2) is 33.4 Å². The van der Waals surface area contributed by atoms with Gasteiger partial charge in [0.05, 0.1) is 22.8 Å². The van der Waals surface area contributed by atoms with E-state index < -0.39 is 0 Å². The highest BCUT2D eigenvalue weighted by atomic mass is 32.1. The van der Waals surface area contributed by atoms with Gasteiger partial charge in [0, 0.05) is 39.7 Å². The van der Waals surface area contributed by atoms with Gasteiger partial charge < -0.3 is 15.1 Å². The van der Waals surface area contributed by atoms with E-state index in [4.69, 9.17) is 10.2 Å². The molecule has 0 saturated carbocycles. The van der Waals surface area contributed by atoms with Gasteiger partial charge in [-0.3, -0.25) is 4.79 Å². The summed E-state index contributed by atoms with van der Waals surface area (Å²) in [6.45, 7) is 6.43. The quantitative estimate of drug-likeness (QED) is 0.431. The Kier molecular flexibility index (Phi) is 5.81. The molecule has 1 unspecified atom stereocenters. The van der Waals surface area contributed by atoms with E-state index in [0.29, 0.717) is 29.5 Å². The van der Waals surface area contributed by atoms with Gasteiger partial charge >= 0.3 is 0 Å². The second-order valence-electron chi connectivity index (χ2n) is 8.27. The Morgan fingerprint density at radius 1 is 1.15 bits per heavy atom. The first-order valence-electron chi connectivity index (χ1n) is 10.8. The Morgan fingerprint density at radius 2 is 1.97 bits per heavy atom. The lowest BCUT2D eigenvalue weighted by atomic mass is 10.0. The molecule has 3 aromatic heterocycles. The largest absolute Gasteiger partial charge is 0.419 e. The van der Waals surface area contributed by atoms with Crippen LogP contribution >= 0.6 is 22.7 Å². The van der Waals surface area contributed by atoms with E-state index in [-0.39, 0.29) is 18.0 Å². The molecule has 2 N–H and O–H groups in total. The molecule has 4 heterocycles. The molecule has 5 rings (SSSR count). The molecular weight excluding hydrogens is 456 g/mol. The van der Waals surface area contributed by atoms with Gasteiger partial charge in [-0.1, -0.05) is 0 Å². The second-order valence-corrected chi connectivity index (χ2v) is 10.2. The minimum atomic E-state index is -0.371. The van der Waals surface area contributed by atoms with E-state index >= 15 is 0 Å². The van der Waals surface area contributed by atoms with Gasteiger partial charge in [0.2, 0.25) is 11.8 Å². The fourth-order valence-electron chi connectivity index (χ4n) is 4.01. The van der Waals surface area contributed by atoms with Crippen molar-refractivity contribution in [1.82, 2.24) is 25.1 Å². The third-order valence-electron chi connectivity index (χ3n) is 5.61. The molecule has 2 atom stereocenters. The van der Waals surface area contributed by atoms with Gasteiger partial charge in [-0.25, -0.2) is 9.97 Å². The Hall–Kier alpha value is -2.95. The van der Waals surface area contributed by atoms with Crippen LogP contribution in [0.25, 0.3) is 22.7 Å². The van der Waals surface area contributed by atoms with Gasteiger partial charge in [0.1, 0.15) is 5.01 Å². The first-order chi connectivity index (χ1) is 15.9. The van der Waals surface area contributed by atoms with Crippen LogP contribution in [0.1, 0.15) is 63.8 Å². The van der Waals surface area contributed by atoms with Crippen molar-refractivity contribution >= 4 is 28.6 Å². The highest BCUT2D eigenvalue weighted by Crippen LogP contribution is 2.36. The molecule has 33 heavy (non-hydrogen) atoms. The zero-order valence-electron chi connectivity index (χ0n) is 18.6. The molecule has 8 nitrogen and oxygen atoms in total. The number of rotatable bonds is 5. The van der Waals surface area contributed by atoms with E-state index in [0.717, 1.165) is 39.8 Å². The molecule has 0 aliphatic carbocycles. The van der Waals surface area contributed by atoms with Crippen molar-refractivity contribution in [3.63, 3.8) is 0 Å². The summed E-state index contributed by atoms with van der Waals surface area (Å²) < 4.78 is 5.78. The highest BCUT2D eigenvalue weighted by molar-refractivity contribution is 7.10.